The highest BCUT2D eigenvalue weighted by atomic mass is 35.5. The molecular formula is C20H20ClN7O. The zero-order valence-electron chi connectivity index (χ0n) is 16.0. The van der Waals surface area contributed by atoms with Crippen LogP contribution in [-0.4, -0.2) is 49.3 Å². The average Bonchev–Trinajstić information content (AvgIpc) is 3.16. The Morgan fingerprint density at radius 1 is 1.41 bits per heavy atom. The molecule has 1 N–H and O–H groups in total. The minimum Gasteiger partial charge on any atom is -0.365 e. The Balaban J connectivity index is 1.61. The monoisotopic (exact) mass is 409 g/mol. The molecule has 0 aliphatic carbocycles. The predicted octanol–water partition coefficient (Wildman–Crippen LogP) is 3.07. The van der Waals surface area contributed by atoms with Gasteiger partial charge in [0, 0.05) is 30.9 Å². The fraction of sp³-hybridized carbons (Fsp3) is 0.350. The van der Waals surface area contributed by atoms with E-state index < -0.39 is 0 Å². The number of carbonyl (C=O) groups is 1. The summed E-state index contributed by atoms with van der Waals surface area (Å²) in [5, 5.41) is 12.6. The molecule has 9 heteroatoms. The second-order valence-corrected chi connectivity index (χ2v) is 7.40. The summed E-state index contributed by atoms with van der Waals surface area (Å²) < 4.78 is 1.91. The molecule has 0 spiro atoms. The van der Waals surface area contributed by atoms with Gasteiger partial charge in [-0.05, 0) is 31.9 Å². The fourth-order valence-corrected chi connectivity index (χ4v) is 3.71. The van der Waals surface area contributed by atoms with Crippen molar-refractivity contribution in [1.82, 2.24) is 24.3 Å². The predicted molar refractivity (Wildman–Crippen MR) is 109 cm³/mol. The van der Waals surface area contributed by atoms with E-state index in [0.717, 1.165) is 29.7 Å². The van der Waals surface area contributed by atoms with Gasteiger partial charge in [0.2, 0.25) is 5.91 Å². The molecule has 4 rings (SSSR count). The molecule has 1 saturated heterocycles. The molecule has 1 aliphatic heterocycles. The number of likely N-dealkylation sites (tertiary alicyclic amines) is 1. The summed E-state index contributed by atoms with van der Waals surface area (Å²) in [7, 11) is 0. The maximum atomic E-state index is 12.1. The van der Waals surface area contributed by atoms with Crippen LogP contribution in [0, 0.1) is 18.3 Å². The van der Waals surface area contributed by atoms with E-state index in [1.165, 1.54) is 0 Å². The van der Waals surface area contributed by atoms with E-state index in [9.17, 15) is 4.79 Å². The maximum absolute atomic E-state index is 12.1. The molecule has 0 aromatic carbocycles. The summed E-state index contributed by atoms with van der Waals surface area (Å²) in [6.07, 6.45) is 5.31. The first-order chi connectivity index (χ1) is 14.1. The van der Waals surface area contributed by atoms with Crippen LogP contribution < -0.4 is 5.32 Å². The number of imidazole rings is 1. The normalized spacial score (nSPS) is 16.6. The first-order valence-electron chi connectivity index (χ1n) is 9.44. The number of nitriles is 1. The first-order valence-corrected chi connectivity index (χ1v) is 9.82. The third-order valence-corrected chi connectivity index (χ3v) is 5.45. The molecule has 1 amide bonds. The van der Waals surface area contributed by atoms with E-state index >= 15 is 0 Å². The van der Waals surface area contributed by atoms with Gasteiger partial charge >= 0.3 is 0 Å². The van der Waals surface area contributed by atoms with Crippen LogP contribution >= 0.6 is 11.6 Å². The molecule has 148 valence electrons. The molecule has 8 nitrogen and oxygen atoms in total. The Labute approximate surface area is 173 Å². The summed E-state index contributed by atoms with van der Waals surface area (Å²) >= 11 is 6.40. The number of amides is 1. The zero-order chi connectivity index (χ0) is 20.4. The van der Waals surface area contributed by atoms with E-state index in [2.05, 4.69) is 15.3 Å². The number of halogens is 1. The van der Waals surface area contributed by atoms with E-state index in [0.29, 0.717) is 29.9 Å². The highest BCUT2D eigenvalue weighted by Gasteiger charge is 2.25. The number of nitrogens with zero attached hydrogens (tertiary/aromatic N) is 6. The van der Waals surface area contributed by atoms with Gasteiger partial charge < -0.3 is 10.2 Å². The van der Waals surface area contributed by atoms with Crippen molar-refractivity contribution in [3.63, 3.8) is 0 Å². The van der Waals surface area contributed by atoms with Gasteiger partial charge in [0.15, 0.2) is 5.82 Å². The highest BCUT2D eigenvalue weighted by molar-refractivity contribution is 6.30. The summed E-state index contributed by atoms with van der Waals surface area (Å²) in [4.78, 5) is 27.3. The molecule has 1 aliphatic rings. The molecule has 3 aromatic rings. The number of nitrogens with one attached hydrogen (secondary N) is 1. The van der Waals surface area contributed by atoms with Crippen molar-refractivity contribution in [2.75, 3.05) is 18.4 Å². The fourth-order valence-electron chi connectivity index (χ4n) is 3.54. The van der Waals surface area contributed by atoms with E-state index in [-0.39, 0.29) is 18.4 Å². The van der Waals surface area contributed by atoms with Crippen molar-refractivity contribution < 1.29 is 4.79 Å². The maximum Gasteiger partial charge on any atom is 0.236 e. The number of fused-ring (bicyclic) bond motifs is 1. The van der Waals surface area contributed by atoms with Gasteiger partial charge in [-0.25, -0.2) is 15.0 Å². The second kappa shape index (κ2) is 8.05. The lowest BCUT2D eigenvalue weighted by molar-refractivity contribution is -0.131. The van der Waals surface area contributed by atoms with Gasteiger partial charge in [-0.2, -0.15) is 5.26 Å². The van der Waals surface area contributed by atoms with Gasteiger partial charge in [0.1, 0.15) is 28.7 Å². The molecule has 3 aromatic heterocycles. The van der Waals surface area contributed by atoms with Crippen LogP contribution in [0.15, 0.2) is 30.6 Å². The van der Waals surface area contributed by atoms with Crippen LogP contribution in [0.4, 0.5) is 5.82 Å². The number of carbonyl (C=O) groups excluding carboxylic acids is 1. The number of hydrogen-bond donors (Lipinski definition) is 1. The van der Waals surface area contributed by atoms with Crippen molar-refractivity contribution in [1.29, 1.82) is 5.26 Å². The zero-order valence-corrected chi connectivity index (χ0v) is 16.7. The van der Waals surface area contributed by atoms with Gasteiger partial charge in [0.25, 0.3) is 0 Å². The molecular weight excluding hydrogens is 390 g/mol. The molecule has 1 unspecified atom stereocenters. The molecule has 4 heterocycles. The lowest BCUT2D eigenvalue weighted by Gasteiger charge is -2.33. The van der Waals surface area contributed by atoms with Crippen molar-refractivity contribution in [2.24, 2.45) is 0 Å². The SMILES string of the molecule is Cc1c(Cl)nc(-c2cnc3ccccn23)nc1NC1CCCN(C(=O)CC#N)C1. The average molecular weight is 410 g/mol. The molecule has 29 heavy (non-hydrogen) atoms. The van der Waals surface area contributed by atoms with Crippen LogP contribution in [0.3, 0.4) is 0 Å². The van der Waals surface area contributed by atoms with Crippen molar-refractivity contribution in [2.45, 2.75) is 32.2 Å². The van der Waals surface area contributed by atoms with Crippen molar-refractivity contribution in [3.05, 3.63) is 41.3 Å². The quantitative estimate of drug-likeness (QED) is 0.665. The topological polar surface area (TPSA) is 99.2 Å². The lowest BCUT2D eigenvalue weighted by atomic mass is 10.1. The number of piperidine rings is 1. The minimum atomic E-state index is -0.136. The Bertz CT molecular complexity index is 1100. The standard InChI is InChI=1S/C20H20ClN7O/c1-13-18(21)25-20(15-11-23-16-6-2-3-10-28(15)16)26-19(13)24-14-5-4-9-27(12-14)17(29)7-8-22/h2-3,6,10-11,14H,4-5,7,9,12H2,1H3,(H,24,25,26). The largest absolute Gasteiger partial charge is 0.365 e. The Morgan fingerprint density at radius 2 is 2.28 bits per heavy atom. The van der Waals surface area contributed by atoms with E-state index in [1.807, 2.05) is 41.8 Å². The van der Waals surface area contributed by atoms with E-state index in [1.54, 1.807) is 11.1 Å². The van der Waals surface area contributed by atoms with Crippen molar-refractivity contribution >= 4 is 29.0 Å². The van der Waals surface area contributed by atoms with Crippen LogP contribution in [0.2, 0.25) is 5.15 Å². The van der Waals surface area contributed by atoms with E-state index in [4.69, 9.17) is 21.8 Å². The summed E-state index contributed by atoms with van der Waals surface area (Å²) in [6.45, 7) is 3.08. The number of aromatic nitrogens is 4. The lowest BCUT2D eigenvalue weighted by Crippen LogP contribution is -2.45. The smallest absolute Gasteiger partial charge is 0.236 e. The third kappa shape index (κ3) is 3.87. The molecule has 0 radical (unpaired) electrons. The summed E-state index contributed by atoms with van der Waals surface area (Å²) in [5.74, 6) is 0.989. The van der Waals surface area contributed by atoms with Crippen molar-refractivity contribution in [3.8, 4) is 17.6 Å². The second-order valence-electron chi connectivity index (χ2n) is 7.04. The Kier molecular flexibility index (Phi) is 5.32. The molecule has 0 bridgehead atoms. The highest BCUT2D eigenvalue weighted by Crippen LogP contribution is 2.27. The molecule has 1 atom stereocenters. The molecule has 0 saturated carbocycles. The summed E-state index contributed by atoms with van der Waals surface area (Å²) in [5.41, 5.74) is 2.31. The number of pyridine rings is 1. The Hall–Kier alpha value is -3.18. The van der Waals surface area contributed by atoms with Crippen LogP contribution in [0.1, 0.15) is 24.8 Å². The van der Waals surface area contributed by atoms with Gasteiger partial charge in [-0.1, -0.05) is 17.7 Å². The number of hydrogen-bond acceptors (Lipinski definition) is 6. The third-order valence-electron chi connectivity index (χ3n) is 5.08. The summed E-state index contributed by atoms with van der Waals surface area (Å²) in [6, 6.07) is 7.71. The van der Waals surface area contributed by atoms with Gasteiger partial charge in [0.05, 0.1) is 12.3 Å². The van der Waals surface area contributed by atoms with Crippen LogP contribution in [0.5, 0.6) is 0 Å². The number of anilines is 1. The van der Waals surface area contributed by atoms with Crippen LogP contribution in [0.25, 0.3) is 17.2 Å². The Morgan fingerprint density at radius 3 is 3.10 bits per heavy atom. The molecule has 1 fully saturated rings. The first kappa shape index (κ1) is 19.2. The van der Waals surface area contributed by atoms with Gasteiger partial charge in [-0.15, -0.1) is 0 Å². The minimum absolute atomic E-state index is 0.0334. The van der Waals surface area contributed by atoms with Crippen LogP contribution in [-0.2, 0) is 4.79 Å². The number of rotatable bonds is 4. The van der Waals surface area contributed by atoms with Gasteiger partial charge in [-0.3, -0.25) is 9.20 Å².